The van der Waals surface area contributed by atoms with Crippen LogP contribution in [0.3, 0.4) is 0 Å². The zero-order valence-electron chi connectivity index (χ0n) is 17.5. The number of aliphatic hydroxyl groups excluding tert-OH is 1. The van der Waals surface area contributed by atoms with E-state index < -0.39 is 29.3 Å². The number of phenols is 1. The normalized spacial score (nSPS) is 17.4. The molecule has 0 aliphatic carbocycles. The van der Waals surface area contributed by atoms with Gasteiger partial charge < -0.3 is 14.9 Å². The van der Waals surface area contributed by atoms with E-state index in [1.165, 1.54) is 48.5 Å². The molecule has 6 nitrogen and oxygen atoms in total. The van der Waals surface area contributed by atoms with Crippen molar-refractivity contribution in [1.29, 1.82) is 0 Å². The van der Waals surface area contributed by atoms with Gasteiger partial charge in [-0.25, -0.2) is 4.39 Å². The van der Waals surface area contributed by atoms with Gasteiger partial charge in [0.25, 0.3) is 11.7 Å². The predicted molar refractivity (Wildman–Crippen MR) is 122 cm³/mol. The van der Waals surface area contributed by atoms with Crippen LogP contribution in [0.2, 0.25) is 5.02 Å². The molecule has 1 fully saturated rings. The topological polar surface area (TPSA) is 87.1 Å². The van der Waals surface area contributed by atoms with Crippen molar-refractivity contribution in [2.45, 2.75) is 13.0 Å². The maximum atomic E-state index is 13.6. The molecule has 0 aromatic heterocycles. The van der Waals surface area contributed by atoms with E-state index in [4.69, 9.17) is 16.3 Å². The minimum absolute atomic E-state index is 0.0714. The Bertz CT molecular complexity index is 1270. The molecule has 1 saturated heterocycles. The average Bonchev–Trinajstić information content (AvgIpc) is 3.06. The Balaban J connectivity index is 1.97. The monoisotopic (exact) mass is 467 g/mol. The molecule has 0 saturated carbocycles. The van der Waals surface area contributed by atoms with E-state index in [-0.39, 0.29) is 27.6 Å². The van der Waals surface area contributed by atoms with Crippen LogP contribution in [-0.4, -0.2) is 28.5 Å². The minimum atomic E-state index is -1.13. The van der Waals surface area contributed by atoms with Crippen molar-refractivity contribution in [1.82, 2.24) is 0 Å². The highest BCUT2D eigenvalue weighted by Gasteiger charge is 2.47. The number of ketones is 1. The molecular formula is C25H19ClFNO5. The maximum Gasteiger partial charge on any atom is 0.300 e. The van der Waals surface area contributed by atoms with Crippen LogP contribution < -0.4 is 9.64 Å². The van der Waals surface area contributed by atoms with Gasteiger partial charge >= 0.3 is 0 Å². The summed E-state index contributed by atoms with van der Waals surface area (Å²) in [6.07, 6.45) is 0. The molecule has 1 amide bonds. The number of phenolic OH excluding ortho intramolecular Hbond substituents is 1. The van der Waals surface area contributed by atoms with Gasteiger partial charge in [0.1, 0.15) is 23.1 Å². The minimum Gasteiger partial charge on any atom is -0.507 e. The number of carbonyl (C=O) groups is 2. The fraction of sp³-hybridized carbons (Fsp3) is 0.120. The number of carbonyl (C=O) groups excluding carboxylic acids is 2. The largest absolute Gasteiger partial charge is 0.507 e. The van der Waals surface area contributed by atoms with E-state index in [1.807, 2.05) is 0 Å². The Kier molecular flexibility index (Phi) is 6.07. The van der Waals surface area contributed by atoms with E-state index in [0.29, 0.717) is 17.9 Å². The molecule has 3 aromatic rings. The number of anilines is 1. The molecule has 1 unspecified atom stereocenters. The number of amides is 1. The molecule has 0 spiro atoms. The summed E-state index contributed by atoms with van der Waals surface area (Å²) in [6, 6.07) is 14.6. The van der Waals surface area contributed by atoms with Gasteiger partial charge in [-0.1, -0.05) is 35.9 Å². The lowest BCUT2D eigenvalue weighted by molar-refractivity contribution is -0.132. The molecule has 8 heteroatoms. The Hall–Kier alpha value is -3.84. The Morgan fingerprint density at radius 3 is 2.45 bits per heavy atom. The van der Waals surface area contributed by atoms with Crippen molar-refractivity contribution < 1.29 is 28.9 Å². The number of Topliss-reactive ketones (excluding diaryl/α,β-unsaturated/α-hetero) is 1. The smallest absolute Gasteiger partial charge is 0.300 e. The third-order valence-electron chi connectivity index (χ3n) is 5.28. The molecule has 33 heavy (non-hydrogen) atoms. The predicted octanol–water partition coefficient (Wildman–Crippen LogP) is 5.21. The summed E-state index contributed by atoms with van der Waals surface area (Å²) in [7, 11) is 0. The summed E-state index contributed by atoms with van der Waals surface area (Å²) < 4.78 is 19.1. The zero-order valence-corrected chi connectivity index (χ0v) is 18.2. The molecule has 168 valence electrons. The molecule has 1 atom stereocenters. The van der Waals surface area contributed by atoms with Crippen LogP contribution in [0.25, 0.3) is 5.76 Å². The first-order chi connectivity index (χ1) is 15.8. The molecule has 3 aromatic carbocycles. The van der Waals surface area contributed by atoms with Crippen LogP contribution >= 0.6 is 11.6 Å². The van der Waals surface area contributed by atoms with Crippen molar-refractivity contribution in [2.24, 2.45) is 0 Å². The first-order valence-corrected chi connectivity index (χ1v) is 10.5. The lowest BCUT2D eigenvalue weighted by atomic mass is 9.95. The van der Waals surface area contributed by atoms with E-state index in [9.17, 15) is 24.2 Å². The molecule has 4 rings (SSSR count). The first kappa shape index (κ1) is 22.4. The van der Waals surface area contributed by atoms with Gasteiger partial charge in [-0.3, -0.25) is 14.5 Å². The third kappa shape index (κ3) is 4.03. The molecule has 2 N–H and O–H groups in total. The average molecular weight is 468 g/mol. The fourth-order valence-electron chi connectivity index (χ4n) is 3.80. The molecule has 1 aliphatic heterocycles. The summed E-state index contributed by atoms with van der Waals surface area (Å²) in [5, 5.41) is 21.7. The molecule has 0 bridgehead atoms. The second kappa shape index (κ2) is 8.96. The SMILES string of the molecule is CCOc1ccc(Cl)c(/C(O)=C2\C(=O)C(=O)N(c3ccccc3O)C2c2ccc(F)cc2)c1. The Labute approximate surface area is 194 Å². The standard InChI is InChI=1S/C25H19ClFNO5/c1-2-33-16-11-12-18(26)17(13-16)23(30)21-22(14-7-9-15(27)10-8-14)28(25(32)24(21)31)19-5-3-4-6-20(19)29/h3-13,22,29-30H,2H2,1H3/b23-21+. The lowest BCUT2D eigenvalue weighted by Gasteiger charge is -2.26. The lowest BCUT2D eigenvalue weighted by Crippen LogP contribution is -2.29. The van der Waals surface area contributed by atoms with Crippen LogP contribution in [0.5, 0.6) is 11.5 Å². The van der Waals surface area contributed by atoms with Crippen LogP contribution in [0.15, 0.2) is 72.3 Å². The van der Waals surface area contributed by atoms with Crippen molar-refractivity contribution in [3.05, 3.63) is 94.3 Å². The number of benzene rings is 3. The van der Waals surface area contributed by atoms with Gasteiger partial charge in [-0.2, -0.15) is 0 Å². The summed E-state index contributed by atoms with van der Waals surface area (Å²) in [5.74, 6) is -2.76. The van der Waals surface area contributed by atoms with Crippen molar-refractivity contribution in [3.8, 4) is 11.5 Å². The first-order valence-electron chi connectivity index (χ1n) is 10.1. The summed E-state index contributed by atoms with van der Waals surface area (Å²) >= 11 is 6.30. The number of aliphatic hydroxyl groups is 1. The van der Waals surface area contributed by atoms with Crippen molar-refractivity contribution >= 4 is 34.7 Å². The fourth-order valence-corrected chi connectivity index (χ4v) is 4.00. The van der Waals surface area contributed by atoms with Gasteiger partial charge in [-0.05, 0) is 55.0 Å². The highest BCUT2D eigenvalue weighted by Crippen LogP contribution is 2.45. The Morgan fingerprint density at radius 2 is 1.79 bits per heavy atom. The summed E-state index contributed by atoms with van der Waals surface area (Å²) in [5.41, 5.74) is 0.287. The zero-order chi connectivity index (χ0) is 23.7. The summed E-state index contributed by atoms with van der Waals surface area (Å²) in [6.45, 7) is 2.16. The van der Waals surface area contributed by atoms with Gasteiger partial charge in [0.15, 0.2) is 0 Å². The number of rotatable bonds is 5. The number of hydrogen-bond acceptors (Lipinski definition) is 5. The van der Waals surface area contributed by atoms with E-state index in [2.05, 4.69) is 0 Å². The number of para-hydroxylation sites is 2. The number of ether oxygens (including phenoxy) is 1. The van der Waals surface area contributed by atoms with Gasteiger partial charge in [0.2, 0.25) is 0 Å². The van der Waals surface area contributed by atoms with Crippen molar-refractivity contribution in [3.63, 3.8) is 0 Å². The van der Waals surface area contributed by atoms with Crippen LogP contribution in [-0.2, 0) is 9.59 Å². The van der Waals surface area contributed by atoms with E-state index in [0.717, 1.165) is 4.90 Å². The highest BCUT2D eigenvalue weighted by molar-refractivity contribution is 6.52. The van der Waals surface area contributed by atoms with Crippen LogP contribution in [0.1, 0.15) is 24.1 Å². The molecule has 1 heterocycles. The molecular weight excluding hydrogens is 449 g/mol. The molecule has 0 radical (unpaired) electrons. The highest BCUT2D eigenvalue weighted by atomic mass is 35.5. The van der Waals surface area contributed by atoms with Crippen LogP contribution in [0, 0.1) is 5.82 Å². The van der Waals surface area contributed by atoms with Gasteiger partial charge in [0, 0.05) is 5.56 Å². The van der Waals surface area contributed by atoms with E-state index in [1.54, 1.807) is 25.1 Å². The number of halogens is 2. The number of hydrogen-bond donors (Lipinski definition) is 2. The second-order valence-electron chi connectivity index (χ2n) is 7.28. The number of nitrogens with zero attached hydrogens (tertiary/aromatic N) is 1. The summed E-state index contributed by atoms with van der Waals surface area (Å²) in [4.78, 5) is 27.3. The second-order valence-corrected chi connectivity index (χ2v) is 7.69. The molecule has 1 aliphatic rings. The van der Waals surface area contributed by atoms with Gasteiger partial charge in [-0.15, -0.1) is 0 Å². The quantitative estimate of drug-likeness (QED) is 0.305. The van der Waals surface area contributed by atoms with Gasteiger partial charge in [0.05, 0.1) is 28.9 Å². The number of aromatic hydroxyl groups is 1. The van der Waals surface area contributed by atoms with Crippen molar-refractivity contribution in [2.75, 3.05) is 11.5 Å². The Morgan fingerprint density at radius 1 is 1.09 bits per heavy atom. The van der Waals surface area contributed by atoms with E-state index >= 15 is 0 Å². The third-order valence-corrected chi connectivity index (χ3v) is 5.60. The van der Waals surface area contributed by atoms with Crippen LogP contribution in [0.4, 0.5) is 10.1 Å². The maximum absolute atomic E-state index is 13.6.